The van der Waals surface area contributed by atoms with Crippen LogP contribution in [-0.2, 0) is 4.74 Å². The van der Waals surface area contributed by atoms with Crippen molar-refractivity contribution in [3.8, 4) is 0 Å². The van der Waals surface area contributed by atoms with Crippen LogP contribution in [0.3, 0.4) is 0 Å². The molecule has 0 aromatic heterocycles. The van der Waals surface area contributed by atoms with Crippen LogP contribution in [0.5, 0.6) is 0 Å². The van der Waals surface area contributed by atoms with Gasteiger partial charge >= 0.3 is 0 Å². The minimum absolute atomic E-state index is 0. The maximum Gasteiger partial charge on any atom is 0.109 e. The van der Waals surface area contributed by atoms with Crippen LogP contribution in [0.25, 0.3) is 5.73 Å². The Bertz CT molecular complexity index is 219. The van der Waals surface area contributed by atoms with E-state index in [0.29, 0.717) is 0 Å². The predicted molar refractivity (Wildman–Crippen MR) is 55.3 cm³/mol. The Kier molecular flexibility index (Phi) is 6.92. The van der Waals surface area contributed by atoms with Gasteiger partial charge < -0.3 is 25.8 Å². The number of rotatable bonds is 1. The third-order valence-corrected chi connectivity index (χ3v) is 2.78. The summed E-state index contributed by atoms with van der Waals surface area (Å²) in [4.78, 5) is 0. The van der Waals surface area contributed by atoms with E-state index in [-0.39, 0.29) is 56.1 Å². The number of ether oxygens (including phenoxy) is 1. The molecule has 0 amide bonds. The van der Waals surface area contributed by atoms with Crippen LogP contribution in [0.1, 0.15) is 20.8 Å². The first-order chi connectivity index (χ1) is 6.79. The maximum absolute atomic E-state index is 9.65. The molecule has 1 aliphatic rings. The van der Waals surface area contributed by atoms with Crippen LogP contribution in [0.2, 0.25) is 0 Å². The van der Waals surface area contributed by atoms with Crippen LogP contribution in [0.4, 0.5) is 0 Å². The van der Waals surface area contributed by atoms with Gasteiger partial charge in [0.1, 0.15) is 12.2 Å². The van der Waals surface area contributed by atoms with Gasteiger partial charge in [-0.25, -0.2) is 0 Å². The molecule has 4 N–H and O–H groups in total. The van der Waals surface area contributed by atoms with Crippen LogP contribution in [0, 0.1) is 49.5 Å². The molecular formula is C10H20AcNO4-. The smallest absolute Gasteiger partial charge is 0.109 e. The molecule has 0 aliphatic carbocycles. The summed E-state index contributed by atoms with van der Waals surface area (Å²) in [6.07, 6.45) is -3.64. The van der Waals surface area contributed by atoms with E-state index >= 15 is 0 Å². The van der Waals surface area contributed by atoms with E-state index in [0.717, 1.165) is 0 Å². The first kappa shape index (κ1) is 17.2. The Morgan fingerprint density at radius 1 is 1.19 bits per heavy atom. The molecule has 6 heteroatoms. The number of hydrogen-bond acceptors (Lipinski definition) is 4. The Hall–Kier alpha value is 1.24. The summed E-state index contributed by atoms with van der Waals surface area (Å²) in [6.45, 7) is 5.35. The second-order valence-corrected chi connectivity index (χ2v) is 5.15. The minimum Gasteiger partial charge on any atom is -0.670 e. The summed E-state index contributed by atoms with van der Waals surface area (Å²) in [5.74, 6) is 0. The van der Waals surface area contributed by atoms with Gasteiger partial charge in [-0.3, -0.25) is 0 Å². The van der Waals surface area contributed by atoms with Crippen LogP contribution in [0.15, 0.2) is 0 Å². The summed E-state index contributed by atoms with van der Waals surface area (Å²) >= 11 is 0. The Morgan fingerprint density at radius 2 is 1.69 bits per heavy atom. The second-order valence-electron chi connectivity index (χ2n) is 5.15. The second kappa shape index (κ2) is 6.42. The summed E-state index contributed by atoms with van der Waals surface area (Å²) in [7, 11) is 0. The Morgan fingerprint density at radius 3 is 2.06 bits per heavy atom. The number of aliphatic hydroxyl groups excluding tert-OH is 3. The normalized spacial score (nSPS) is 40.3. The minimum atomic E-state index is -1.18. The third-order valence-electron chi connectivity index (χ3n) is 2.78. The molecular weight excluding hydrogens is 425 g/mol. The number of aliphatic hydroxyl groups is 3. The summed E-state index contributed by atoms with van der Waals surface area (Å²) in [5, 5.41) is 28.2. The van der Waals surface area contributed by atoms with Gasteiger partial charge in [0.15, 0.2) is 0 Å². The molecule has 1 rings (SSSR count). The van der Waals surface area contributed by atoms with Gasteiger partial charge in [0.05, 0.1) is 12.7 Å². The van der Waals surface area contributed by atoms with Crippen molar-refractivity contribution >= 4 is 0 Å². The molecule has 93 valence electrons. The summed E-state index contributed by atoms with van der Waals surface area (Å²) in [5.41, 5.74) is 7.47. The van der Waals surface area contributed by atoms with Crippen molar-refractivity contribution in [3.05, 3.63) is 5.73 Å². The molecule has 1 saturated heterocycles. The average molecular weight is 445 g/mol. The SMILES string of the molecule is CC(C)(C)[C@@H]1O[C@H](CO)[C@@H](O)[C@H](O)[C@H]1[NH-].[Ac]. The first-order valence-electron chi connectivity index (χ1n) is 5.12. The van der Waals surface area contributed by atoms with Crippen molar-refractivity contribution in [1.82, 2.24) is 0 Å². The molecule has 0 saturated carbocycles. The van der Waals surface area contributed by atoms with E-state index in [4.69, 9.17) is 15.6 Å². The van der Waals surface area contributed by atoms with Gasteiger partial charge in [0.2, 0.25) is 0 Å². The Labute approximate surface area is 132 Å². The molecule has 16 heavy (non-hydrogen) atoms. The quantitative estimate of drug-likeness (QED) is 0.527. The van der Waals surface area contributed by atoms with Crippen LogP contribution in [-0.4, -0.2) is 52.4 Å². The van der Waals surface area contributed by atoms with Gasteiger partial charge in [0.25, 0.3) is 0 Å². The molecule has 1 fully saturated rings. The van der Waals surface area contributed by atoms with Crippen molar-refractivity contribution in [2.24, 2.45) is 5.41 Å². The molecule has 1 aliphatic heterocycles. The monoisotopic (exact) mass is 445 g/mol. The van der Waals surface area contributed by atoms with Gasteiger partial charge in [-0.05, 0) is 5.41 Å². The van der Waals surface area contributed by atoms with Gasteiger partial charge in [-0.1, -0.05) is 26.8 Å². The van der Waals surface area contributed by atoms with Crippen molar-refractivity contribution in [3.63, 3.8) is 0 Å². The zero-order valence-corrected chi connectivity index (χ0v) is 14.7. The zero-order chi connectivity index (χ0) is 11.8. The fourth-order valence-corrected chi connectivity index (χ4v) is 1.86. The van der Waals surface area contributed by atoms with Crippen molar-refractivity contribution in [2.45, 2.75) is 51.2 Å². The molecule has 5 atom stereocenters. The maximum atomic E-state index is 9.65. The largest absolute Gasteiger partial charge is 0.670 e. The predicted octanol–water partition coefficient (Wildman–Crippen LogP) is -0.0652. The number of hydrogen-bond donors (Lipinski definition) is 3. The van der Waals surface area contributed by atoms with E-state index in [1.807, 2.05) is 20.8 Å². The van der Waals surface area contributed by atoms with E-state index < -0.39 is 30.5 Å². The first-order valence-corrected chi connectivity index (χ1v) is 5.12. The van der Waals surface area contributed by atoms with E-state index in [1.54, 1.807) is 0 Å². The van der Waals surface area contributed by atoms with E-state index in [1.165, 1.54) is 0 Å². The van der Waals surface area contributed by atoms with Crippen molar-refractivity contribution in [1.29, 1.82) is 0 Å². The average Bonchev–Trinajstić information content (AvgIpc) is 2.13. The van der Waals surface area contributed by atoms with E-state index in [2.05, 4.69) is 0 Å². The topological polar surface area (TPSA) is 93.7 Å². The molecule has 0 aromatic carbocycles. The van der Waals surface area contributed by atoms with Crippen molar-refractivity contribution in [2.75, 3.05) is 6.61 Å². The molecule has 0 bridgehead atoms. The summed E-state index contributed by atoms with van der Waals surface area (Å²) < 4.78 is 5.45. The zero-order valence-electron chi connectivity index (χ0n) is 9.92. The van der Waals surface area contributed by atoms with Gasteiger partial charge in [0, 0.05) is 50.2 Å². The third kappa shape index (κ3) is 3.62. The molecule has 0 aromatic rings. The van der Waals surface area contributed by atoms with E-state index in [9.17, 15) is 10.2 Å². The van der Waals surface area contributed by atoms with Crippen LogP contribution < -0.4 is 0 Å². The fourth-order valence-electron chi connectivity index (χ4n) is 1.86. The molecule has 1 heterocycles. The van der Waals surface area contributed by atoms with Gasteiger partial charge in [-0.15, -0.1) is 0 Å². The Balaban J connectivity index is 0.00000225. The standard InChI is InChI=1S/C10H20NO4.Ac/c1-10(2,3)9-6(11)8(14)7(13)5(4-12)15-9;/h5-9,11-14H,4H2,1-3H3;/q-1;/t5-,6-,7-,8-,9-;/m1./s1. The van der Waals surface area contributed by atoms with Gasteiger partial charge in [-0.2, -0.15) is 0 Å². The summed E-state index contributed by atoms with van der Waals surface area (Å²) in [6, 6.07) is -0.886. The number of nitrogens with one attached hydrogen (secondary N) is 1. The molecule has 1 radical (unpaired) electrons. The van der Waals surface area contributed by atoms with Crippen molar-refractivity contribution < 1.29 is 64.1 Å². The fraction of sp³-hybridized carbons (Fsp3) is 1.00. The molecule has 0 unspecified atom stereocenters. The molecule has 0 spiro atoms. The molecule has 5 nitrogen and oxygen atoms in total. The van der Waals surface area contributed by atoms with Crippen LogP contribution >= 0.6 is 0 Å².